The second kappa shape index (κ2) is 14.5. The van der Waals surface area contributed by atoms with E-state index in [-0.39, 0.29) is 19.0 Å². The van der Waals surface area contributed by atoms with Crippen molar-refractivity contribution in [2.24, 2.45) is 5.73 Å². The molecule has 0 spiro atoms. The van der Waals surface area contributed by atoms with Crippen LogP contribution in [0, 0.1) is 5.41 Å². The molecule has 0 radical (unpaired) electrons. The highest BCUT2D eigenvalue weighted by Crippen LogP contribution is 2.16. The molecule has 0 aliphatic heterocycles. The maximum atomic E-state index is 13.0. The fourth-order valence-corrected chi connectivity index (χ4v) is 3.10. The third-order valence-electron chi connectivity index (χ3n) is 4.70. The van der Waals surface area contributed by atoms with Crippen molar-refractivity contribution in [3.05, 3.63) is 42.0 Å². The molecule has 0 atom stereocenters. The number of benzene rings is 1. The van der Waals surface area contributed by atoms with Crippen molar-refractivity contribution in [3.63, 3.8) is 0 Å². The van der Waals surface area contributed by atoms with Gasteiger partial charge in [-0.2, -0.15) is 0 Å². The lowest BCUT2D eigenvalue weighted by Gasteiger charge is -2.33. The van der Waals surface area contributed by atoms with Crippen LogP contribution in [0.1, 0.15) is 79.2 Å². The number of unbranched alkanes of at least 4 members (excludes halogenated alkanes) is 3. The summed E-state index contributed by atoms with van der Waals surface area (Å²) in [5.41, 5.74) is 5.14. The number of ether oxygens (including phenoxy) is 2. The van der Waals surface area contributed by atoms with E-state index in [0.29, 0.717) is 19.4 Å². The van der Waals surface area contributed by atoms with Crippen molar-refractivity contribution < 1.29 is 19.1 Å². The summed E-state index contributed by atoms with van der Waals surface area (Å²) in [7, 11) is 0. The molecule has 0 unspecified atom stereocenters. The number of guanidine groups is 1. The van der Waals surface area contributed by atoms with Gasteiger partial charge in [-0.25, -0.2) is 19.4 Å². The van der Waals surface area contributed by atoms with E-state index in [1.165, 1.54) is 9.80 Å². The minimum absolute atomic E-state index is 0.184. The lowest BCUT2D eigenvalue weighted by molar-refractivity contribution is 0.0275. The molecule has 0 heterocycles. The van der Waals surface area contributed by atoms with Gasteiger partial charge in [-0.3, -0.25) is 5.41 Å². The fraction of sp³-hybridized carbons (Fsp3) is 0.593. The Morgan fingerprint density at radius 1 is 0.857 bits per heavy atom. The van der Waals surface area contributed by atoms with Gasteiger partial charge in [0.2, 0.25) is 5.96 Å². The molecule has 8 heteroatoms. The first kappa shape index (κ1) is 30.2. The Labute approximate surface area is 211 Å². The number of nitrogens with one attached hydrogen (secondary N) is 1. The number of hydrogen-bond donors (Lipinski definition) is 2. The maximum Gasteiger partial charge on any atom is 0.417 e. The predicted molar refractivity (Wildman–Crippen MR) is 141 cm³/mol. The predicted octanol–water partition coefficient (Wildman–Crippen LogP) is 6.02. The highest BCUT2D eigenvalue weighted by atomic mass is 16.6. The SMILES string of the molecule is CC(C)(C)OC(=O)N(CC/C=C/c1ccccc1)C(=N)N(CCCCCCN)C(=O)OC(C)(C)C. The topological polar surface area (TPSA) is 109 Å². The van der Waals surface area contributed by atoms with E-state index in [1.807, 2.05) is 42.5 Å². The van der Waals surface area contributed by atoms with Gasteiger partial charge < -0.3 is 15.2 Å². The van der Waals surface area contributed by atoms with Gasteiger partial charge in [0, 0.05) is 13.1 Å². The highest BCUT2D eigenvalue weighted by Gasteiger charge is 2.32. The summed E-state index contributed by atoms with van der Waals surface area (Å²) in [6.07, 6.45) is 6.41. The maximum absolute atomic E-state index is 13.0. The molecule has 1 aromatic rings. The molecule has 3 N–H and O–H groups in total. The van der Waals surface area contributed by atoms with E-state index in [2.05, 4.69) is 0 Å². The average molecular weight is 489 g/mol. The number of rotatable bonds is 10. The van der Waals surface area contributed by atoms with Crippen molar-refractivity contribution in [2.75, 3.05) is 19.6 Å². The van der Waals surface area contributed by atoms with Crippen LogP contribution in [0.25, 0.3) is 6.08 Å². The Kier molecular flexibility index (Phi) is 12.5. The molecular formula is C27H44N4O4. The molecule has 0 bridgehead atoms. The normalized spacial score (nSPS) is 11.9. The molecule has 1 rings (SSSR count). The summed E-state index contributed by atoms with van der Waals surface area (Å²) in [5.74, 6) is -0.250. The molecule has 0 fully saturated rings. The molecule has 0 saturated heterocycles. The number of nitrogens with zero attached hydrogens (tertiary/aromatic N) is 2. The smallest absolute Gasteiger partial charge is 0.417 e. The monoisotopic (exact) mass is 488 g/mol. The van der Waals surface area contributed by atoms with E-state index >= 15 is 0 Å². The molecule has 35 heavy (non-hydrogen) atoms. The first-order chi connectivity index (χ1) is 16.3. The third kappa shape index (κ3) is 13.0. The number of nitrogens with two attached hydrogens (primary N) is 1. The Morgan fingerprint density at radius 3 is 1.89 bits per heavy atom. The van der Waals surface area contributed by atoms with Crippen LogP contribution in [0.15, 0.2) is 36.4 Å². The number of carbonyl (C=O) groups is 2. The van der Waals surface area contributed by atoms with Crippen molar-refractivity contribution in [3.8, 4) is 0 Å². The van der Waals surface area contributed by atoms with E-state index < -0.39 is 23.4 Å². The highest BCUT2D eigenvalue weighted by molar-refractivity contribution is 6.00. The van der Waals surface area contributed by atoms with Crippen LogP contribution >= 0.6 is 0 Å². The molecule has 2 amide bonds. The molecule has 1 aromatic carbocycles. The van der Waals surface area contributed by atoms with Crippen LogP contribution in [0.5, 0.6) is 0 Å². The standard InChI is InChI=1S/C27H44N4O4/c1-26(2,3)34-24(32)30(20-14-8-7-13-19-28)23(29)31(25(33)35-27(4,5)6)21-15-12-18-22-16-10-9-11-17-22/h9-12,16-18,29H,7-8,13-15,19-21,28H2,1-6H3/b18-12+,29-23?. The minimum Gasteiger partial charge on any atom is -0.443 e. The van der Waals surface area contributed by atoms with Crippen LogP contribution in [0.3, 0.4) is 0 Å². The summed E-state index contributed by atoms with van der Waals surface area (Å²) in [6.45, 7) is 11.7. The van der Waals surface area contributed by atoms with E-state index in [1.54, 1.807) is 41.5 Å². The second-order valence-corrected chi connectivity index (χ2v) is 10.4. The average Bonchev–Trinajstić information content (AvgIpc) is 2.74. The van der Waals surface area contributed by atoms with Crippen LogP contribution in [-0.4, -0.2) is 58.8 Å². The van der Waals surface area contributed by atoms with E-state index in [0.717, 1.165) is 24.8 Å². The van der Waals surface area contributed by atoms with Crippen molar-refractivity contribution >= 4 is 24.2 Å². The zero-order valence-corrected chi connectivity index (χ0v) is 22.3. The fourth-order valence-electron chi connectivity index (χ4n) is 3.10. The Morgan fingerprint density at radius 2 is 1.37 bits per heavy atom. The quantitative estimate of drug-likeness (QED) is 0.238. The van der Waals surface area contributed by atoms with Gasteiger partial charge in [-0.05, 0) is 72.9 Å². The molecular weight excluding hydrogens is 444 g/mol. The van der Waals surface area contributed by atoms with Gasteiger partial charge in [-0.15, -0.1) is 0 Å². The van der Waals surface area contributed by atoms with E-state index in [9.17, 15) is 9.59 Å². The lowest BCUT2D eigenvalue weighted by atomic mass is 10.2. The lowest BCUT2D eigenvalue weighted by Crippen LogP contribution is -2.52. The van der Waals surface area contributed by atoms with Gasteiger partial charge in [0.05, 0.1) is 0 Å². The zero-order chi connectivity index (χ0) is 26.5. The second-order valence-electron chi connectivity index (χ2n) is 10.4. The Hall–Kier alpha value is -2.87. The van der Waals surface area contributed by atoms with Gasteiger partial charge in [0.1, 0.15) is 11.2 Å². The summed E-state index contributed by atoms with van der Waals surface area (Å²) in [6, 6.07) is 9.82. The van der Waals surface area contributed by atoms with Crippen LogP contribution in [0.2, 0.25) is 0 Å². The molecule has 0 aliphatic rings. The van der Waals surface area contributed by atoms with Crippen molar-refractivity contribution in [1.29, 1.82) is 5.41 Å². The first-order valence-corrected chi connectivity index (χ1v) is 12.4. The molecule has 196 valence electrons. The van der Waals surface area contributed by atoms with Gasteiger partial charge in [0.15, 0.2) is 0 Å². The number of carbonyl (C=O) groups excluding carboxylic acids is 2. The summed E-state index contributed by atoms with van der Waals surface area (Å²) in [4.78, 5) is 28.5. The van der Waals surface area contributed by atoms with Gasteiger partial charge >= 0.3 is 12.2 Å². The Bertz CT molecular complexity index is 826. The van der Waals surface area contributed by atoms with Gasteiger partial charge in [-0.1, -0.05) is 55.3 Å². The van der Waals surface area contributed by atoms with Crippen LogP contribution < -0.4 is 5.73 Å². The molecule has 0 saturated carbocycles. The third-order valence-corrected chi connectivity index (χ3v) is 4.70. The first-order valence-electron chi connectivity index (χ1n) is 12.4. The summed E-state index contributed by atoms with van der Waals surface area (Å²) >= 11 is 0. The van der Waals surface area contributed by atoms with E-state index in [4.69, 9.17) is 20.6 Å². The van der Waals surface area contributed by atoms with Crippen molar-refractivity contribution in [2.45, 2.75) is 84.8 Å². The largest absolute Gasteiger partial charge is 0.443 e. The molecule has 8 nitrogen and oxygen atoms in total. The Balaban J connectivity index is 3.06. The van der Waals surface area contributed by atoms with Crippen molar-refractivity contribution in [1.82, 2.24) is 9.80 Å². The van der Waals surface area contributed by atoms with Crippen LogP contribution in [-0.2, 0) is 9.47 Å². The molecule has 0 aromatic heterocycles. The van der Waals surface area contributed by atoms with Crippen LogP contribution in [0.4, 0.5) is 9.59 Å². The molecule has 0 aliphatic carbocycles. The summed E-state index contributed by atoms with van der Waals surface area (Å²) < 4.78 is 11.1. The van der Waals surface area contributed by atoms with Gasteiger partial charge in [0.25, 0.3) is 0 Å². The number of hydrogen-bond acceptors (Lipinski definition) is 6. The zero-order valence-electron chi connectivity index (χ0n) is 22.3. The minimum atomic E-state index is -0.742. The summed E-state index contributed by atoms with van der Waals surface area (Å²) in [5, 5.41) is 8.80. The number of amides is 2.